The lowest BCUT2D eigenvalue weighted by Crippen LogP contribution is -2.14. The van der Waals surface area contributed by atoms with Gasteiger partial charge in [-0.05, 0) is 29.8 Å². The molecule has 0 amide bonds. The van der Waals surface area contributed by atoms with Crippen LogP contribution in [-0.2, 0) is 15.8 Å². The molecule has 0 atom stereocenters. The molecule has 116 valence electrons. The number of nitrogens with zero attached hydrogens (tertiary/aromatic N) is 1. The van der Waals surface area contributed by atoms with Crippen molar-refractivity contribution in [3.63, 3.8) is 0 Å². The van der Waals surface area contributed by atoms with Crippen LogP contribution in [0.3, 0.4) is 0 Å². The van der Waals surface area contributed by atoms with Crippen LogP contribution in [0.15, 0.2) is 42.5 Å². The van der Waals surface area contributed by atoms with Crippen molar-refractivity contribution in [3.8, 4) is 0 Å². The van der Waals surface area contributed by atoms with E-state index in [2.05, 4.69) is 5.32 Å². The average Bonchev–Trinajstić information content (AvgIpc) is 2.36. The number of nitro groups is 1. The van der Waals surface area contributed by atoms with Gasteiger partial charge in [0.1, 0.15) is 5.69 Å². The first-order valence-electron chi connectivity index (χ1n) is 6.05. The monoisotopic (exact) mass is 341 g/mol. The first-order chi connectivity index (χ1) is 10.2. The van der Waals surface area contributed by atoms with Gasteiger partial charge in [0.2, 0.25) is 10.0 Å². The molecule has 22 heavy (non-hydrogen) atoms. The highest BCUT2D eigenvalue weighted by molar-refractivity contribution is 7.88. The Labute approximate surface area is 131 Å². The smallest absolute Gasteiger partial charge is 0.292 e. The summed E-state index contributed by atoms with van der Waals surface area (Å²) in [5.74, 6) is -0.319. The lowest BCUT2D eigenvalue weighted by molar-refractivity contribution is -0.383. The van der Waals surface area contributed by atoms with Gasteiger partial charge in [-0.2, -0.15) is 0 Å². The van der Waals surface area contributed by atoms with Crippen molar-refractivity contribution < 1.29 is 13.3 Å². The normalized spacial score (nSPS) is 11.2. The molecule has 0 saturated carbocycles. The molecular weight excluding hydrogens is 330 g/mol. The molecule has 3 N–H and O–H groups in total. The summed E-state index contributed by atoms with van der Waals surface area (Å²) in [7, 11) is -3.65. The fourth-order valence-electron chi connectivity index (χ4n) is 1.89. The number of sulfonamides is 1. The molecule has 0 unspecified atom stereocenters. The summed E-state index contributed by atoms with van der Waals surface area (Å²) in [6.45, 7) is 0. The molecule has 0 radical (unpaired) electrons. The summed E-state index contributed by atoms with van der Waals surface area (Å²) in [5.41, 5.74) is 1.04. The molecule has 0 aliphatic rings. The summed E-state index contributed by atoms with van der Waals surface area (Å²) in [4.78, 5) is 10.5. The predicted octanol–water partition coefficient (Wildman–Crippen LogP) is 2.78. The van der Waals surface area contributed by atoms with Gasteiger partial charge in [-0.1, -0.05) is 23.7 Å². The molecule has 0 aliphatic heterocycles. The zero-order valence-corrected chi connectivity index (χ0v) is 12.8. The standard InChI is InChI=1S/C13H12ClN3O4S/c14-10-4-5-13(17(18)19)12(7-10)16-11-3-1-2-9(6-11)8-22(15,20)21/h1-7,16H,8H2,(H2,15,20,21). The summed E-state index contributed by atoms with van der Waals surface area (Å²) in [6.07, 6.45) is 0. The molecule has 0 saturated heterocycles. The van der Waals surface area contributed by atoms with Crippen LogP contribution in [0.5, 0.6) is 0 Å². The zero-order chi connectivity index (χ0) is 16.3. The number of nitrogens with one attached hydrogen (secondary N) is 1. The molecule has 0 spiro atoms. The number of primary sulfonamides is 1. The van der Waals surface area contributed by atoms with E-state index in [0.29, 0.717) is 16.3 Å². The van der Waals surface area contributed by atoms with E-state index in [1.54, 1.807) is 24.3 Å². The Morgan fingerprint density at radius 3 is 2.59 bits per heavy atom. The Hall–Kier alpha value is -2.16. The molecule has 7 nitrogen and oxygen atoms in total. The maximum Gasteiger partial charge on any atom is 0.292 e. The first kappa shape index (κ1) is 16.2. The summed E-state index contributed by atoms with van der Waals surface area (Å²) >= 11 is 5.85. The Morgan fingerprint density at radius 2 is 1.95 bits per heavy atom. The third kappa shape index (κ3) is 4.42. The maximum absolute atomic E-state index is 11.1. The van der Waals surface area contributed by atoms with Crippen LogP contribution in [-0.4, -0.2) is 13.3 Å². The van der Waals surface area contributed by atoms with Crippen molar-refractivity contribution in [3.05, 3.63) is 63.2 Å². The van der Waals surface area contributed by atoms with Gasteiger partial charge in [-0.3, -0.25) is 10.1 Å². The van der Waals surface area contributed by atoms with Gasteiger partial charge in [0.25, 0.3) is 5.69 Å². The van der Waals surface area contributed by atoms with Crippen molar-refractivity contribution in [1.82, 2.24) is 0 Å². The fourth-order valence-corrected chi connectivity index (χ4v) is 2.71. The number of nitro benzene ring substituents is 1. The Kier molecular flexibility index (Phi) is 4.65. The van der Waals surface area contributed by atoms with Gasteiger partial charge in [-0.25, -0.2) is 13.6 Å². The fraction of sp³-hybridized carbons (Fsp3) is 0.0769. The number of halogens is 1. The molecular formula is C13H12ClN3O4S. The van der Waals surface area contributed by atoms with Crippen LogP contribution >= 0.6 is 11.6 Å². The van der Waals surface area contributed by atoms with Crippen LogP contribution < -0.4 is 10.5 Å². The maximum atomic E-state index is 11.1. The second kappa shape index (κ2) is 6.30. The quantitative estimate of drug-likeness (QED) is 0.640. The van der Waals surface area contributed by atoms with Crippen molar-refractivity contribution in [2.45, 2.75) is 5.75 Å². The second-order valence-corrected chi connectivity index (χ2v) is 6.60. The topological polar surface area (TPSA) is 115 Å². The minimum Gasteiger partial charge on any atom is -0.350 e. The van der Waals surface area contributed by atoms with E-state index < -0.39 is 14.9 Å². The van der Waals surface area contributed by atoms with Gasteiger partial charge in [0, 0.05) is 16.8 Å². The second-order valence-electron chi connectivity index (χ2n) is 4.55. The highest BCUT2D eigenvalue weighted by atomic mass is 35.5. The molecule has 2 aromatic rings. The van der Waals surface area contributed by atoms with Crippen LogP contribution in [0.4, 0.5) is 17.1 Å². The molecule has 2 rings (SSSR count). The lowest BCUT2D eigenvalue weighted by Gasteiger charge is -2.09. The van der Waals surface area contributed by atoms with Crippen LogP contribution in [0.2, 0.25) is 5.02 Å². The van der Waals surface area contributed by atoms with Gasteiger partial charge < -0.3 is 5.32 Å². The summed E-state index contributed by atoms with van der Waals surface area (Å²) in [5, 5.41) is 19.2. The first-order valence-corrected chi connectivity index (χ1v) is 8.14. The van der Waals surface area contributed by atoms with E-state index in [1.165, 1.54) is 18.2 Å². The van der Waals surface area contributed by atoms with E-state index in [1.807, 2.05) is 0 Å². The van der Waals surface area contributed by atoms with E-state index in [-0.39, 0.29) is 17.1 Å². The molecule has 0 fully saturated rings. The lowest BCUT2D eigenvalue weighted by atomic mass is 10.2. The number of hydrogen-bond acceptors (Lipinski definition) is 5. The number of rotatable bonds is 5. The van der Waals surface area contributed by atoms with E-state index >= 15 is 0 Å². The van der Waals surface area contributed by atoms with Gasteiger partial charge in [0.05, 0.1) is 10.7 Å². The number of benzene rings is 2. The van der Waals surface area contributed by atoms with E-state index in [4.69, 9.17) is 16.7 Å². The third-order valence-corrected chi connectivity index (χ3v) is 3.70. The zero-order valence-electron chi connectivity index (χ0n) is 11.2. The molecule has 0 aliphatic carbocycles. The molecule has 0 heterocycles. The number of hydrogen-bond donors (Lipinski definition) is 2. The molecule has 9 heteroatoms. The SMILES string of the molecule is NS(=O)(=O)Cc1cccc(Nc2cc(Cl)ccc2[N+](=O)[O-])c1. The molecule has 0 aromatic heterocycles. The number of nitrogens with two attached hydrogens (primary N) is 1. The van der Waals surface area contributed by atoms with Crippen LogP contribution in [0, 0.1) is 10.1 Å². The van der Waals surface area contributed by atoms with Gasteiger partial charge >= 0.3 is 0 Å². The van der Waals surface area contributed by atoms with Crippen LogP contribution in [0.1, 0.15) is 5.56 Å². The molecule has 2 aromatic carbocycles. The van der Waals surface area contributed by atoms with Gasteiger partial charge in [0.15, 0.2) is 0 Å². The third-order valence-electron chi connectivity index (χ3n) is 2.73. The van der Waals surface area contributed by atoms with Crippen molar-refractivity contribution in [2.24, 2.45) is 5.14 Å². The van der Waals surface area contributed by atoms with Crippen molar-refractivity contribution >= 4 is 38.7 Å². The Morgan fingerprint density at radius 1 is 1.23 bits per heavy atom. The van der Waals surface area contributed by atoms with Crippen LogP contribution in [0.25, 0.3) is 0 Å². The predicted molar refractivity (Wildman–Crippen MR) is 84.6 cm³/mol. The van der Waals surface area contributed by atoms with Crippen molar-refractivity contribution in [1.29, 1.82) is 0 Å². The Bertz CT molecular complexity index is 824. The minimum absolute atomic E-state index is 0.138. The summed E-state index contributed by atoms with van der Waals surface area (Å²) < 4.78 is 22.2. The minimum atomic E-state index is -3.65. The van der Waals surface area contributed by atoms with Gasteiger partial charge in [-0.15, -0.1) is 0 Å². The molecule has 0 bridgehead atoms. The van der Waals surface area contributed by atoms with Crippen molar-refractivity contribution in [2.75, 3.05) is 5.32 Å². The average molecular weight is 342 g/mol. The highest BCUT2D eigenvalue weighted by Crippen LogP contribution is 2.30. The summed E-state index contributed by atoms with van der Waals surface area (Å²) in [6, 6.07) is 10.6. The largest absolute Gasteiger partial charge is 0.350 e. The highest BCUT2D eigenvalue weighted by Gasteiger charge is 2.14. The van der Waals surface area contributed by atoms with E-state index in [9.17, 15) is 18.5 Å². The Balaban J connectivity index is 2.33. The van der Waals surface area contributed by atoms with E-state index in [0.717, 1.165) is 0 Å². The number of anilines is 2.